The SMILES string of the molecule is COc1cc([C@@H]2OC(=O)[C@H]3[C@@H]2C(=O)O[C@H]3c2ccc(O)c(OC)c2)ccc1O. The van der Waals surface area contributed by atoms with Gasteiger partial charge in [0.15, 0.2) is 23.0 Å². The standard InChI is InChI=1S/C20H18O8/c1-25-13-7-9(3-5-11(13)21)17-15-16(20(24)27-17)18(28-19(15)23)10-4-6-12(22)14(8-10)26-2/h3-8,15-18,21-22H,1-2H3/t15-,16-,17-,18-/m0/s1. The predicted molar refractivity (Wildman–Crippen MR) is 94.0 cm³/mol. The summed E-state index contributed by atoms with van der Waals surface area (Å²) in [6, 6.07) is 9.03. The van der Waals surface area contributed by atoms with Crippen molar-refractivity contribution in [3.63, 3.8) is 0 Å². The topological polar surface area (TPSA) is 112 Å². The minimum absolute atomic E-state index is 0.0600. The average molecular weight is 386 g/mol. The van der Waals surface area contributed by atoms with E-state index in [2.05, 4.69) is 0 Å². The summed E-state index contributed by atoms with van der Waals surface area (Å²) in [5.41, 5.74) is 1.05. The molecule has 2 aromatic carbocycles. The Hall–Kier alpha value is -3.42. The smallest absolute Gasteiger partial charge is 0.314 e. The second kappa shape index (κ2) is 6.63. The Kier molecular flexibility index (Phi) is 4.26. The number of benzene rings is 2. The second-order valence-corrected chi connectivity index (χ2v) is 6.63. The molecule has 0 radical (unpaired) electrons. The molecule has 2 aliphatic heterocycles. The van der Waals surface area contributed by atoms with E-state index in [-0.39, 0.29) is 23.0 Å². The van der Waals surface area contributed by atoms with E-state index in [0.717, 1.165) is 0 Å². The summed E-state index contributed by atoms with van der Waals surface area (Å²) in [5, 5.41) is 19.6. The van der Waals surface area contributed by atoms with E-state index in [0.29, 0.717) is 11.1 Å². The maximum atomic E-state index is 12.6. The van der Waals surface area contributed by atoms with Crippen molar-refractivity contribution in [1.29, 1.82) is 0 Å². The van der Waals surface area contributed by atoms with Gasteiger partial charge in [0.2, 0.25) is 0 Å². The maximum Gasteiger partial charge on any atom is 0.314 e. The van der Waals surface area contributed by atoms with Crippen molar-refractivity contribution < 1.29 is 38.7 Å². The van der Waals surface area contributed by atoms with Crippen molar-refractivity contribution >= 4 is 11.9 Å². The normalized spacial score (nSPS) is 25.8. The average Bonchev–Trinajstić information content (AvgIpc) is 3.21. The Labute approximate surface area is 160 Å². The van der Waals surface area contributed by atoms with Gasteiger partial charge < -0.3 is 29.2 Å². The number of fused-ring (bicyclic) bond motifs is 1. The second-order valence-electron chi connectivity index (χ2n) is 6.63. The van der Waals surface area contributed by atoms with Gasteiger partial charge in [-0.3, -0.25) is 9.59 Å². The number of ether oxygens (including phenoxy) is 4. The van der Waals surface area contributed by atoms with Gasteiger partial charge in [-0.05, 0) is 35.4 Å². The van der Waals surface area contributed by atoms with Crippen molar-refractivity contribution in [3.8, 4) is 23.0 Å². The molecule has 0 bridgehead atoms. The Bertz CT molecular complexity index is 876. The number of hydrogen-bond donors (Lipinski definition) is 2. The molecular formula is C20H18O8. The number of aromatic hydroxyl groups is 2. The fraction of sp³-hybridized carbons (Fsp3) is 0.300. The van der Waals surface area contributed by atoms with Crippen LogP contribution in [0.3, 0.4) is 0 Å². The van der Waals surface area contributed by atoms with Crippen molar-refractivity contribution in [1.82, 2.24) is 0 Å². The summed E-state index contributed by atoms with van der Waals surface area (Å²) in [6.07, 6.45) is -1.69. The van der Waals surface area contributed by atoms with Crippen LogP contribution in [0.2, 0.25) is 0 Å². The Morgan fingerprint density at radius 2 is 1.14 bits per heavy atom. The summed E-state index contributed by atoms with van der Waals surface area (Å²) < 4.78 is 21.2. The first kappa shape index (κ1) is 18.0. The molecule has 0 aliphatic carbocycles. The molecule has 2 aromatic rings. The van der Waals surface area contributed by atoms with Crippen molar-refractivity contribution in [2.24, 2.45) is 11.8 Å². The van der Waals surface area contributed by atoms with Gasteiger partial charge >= 0.3 is 11.9 Å². The van der Waals surface area contributed by atoms with Gasteiger partial charge in [-0.15, -0.1) is 0 Å². The lowest BCUT2D eigenvalue weighted by Crippen LogP contribution is -2.19. The molecular weight excluding hydrogens is 368 g/mol. The highest BCUT2D eigenvalue weighted by molar-refractivity contribution is 5.89. The molecule has 2 heterocycles. The lowest BCUT2D eigenvalue weighted by atomic mass is 9.84. The molecule has 2 aliphatic rings. The van der Waals surface area contributed by atoms with Gasteiger partial charge in [-0.2, -0.15) is 0 Å². The van der Waals surface area contributed by atoms with E-state index in [1.165, 1.54) is 38.5 Å². The van der Waals surface area contributed by atoms with Gasteiger partial charge in [0, 0.05) is 0 Å². The van der Waals surface area contributed by atoms with E-state index in [4.69, 9.17) is 18.9 Å². The monoisotopic (exact) mass is 386 g/mol. The summed E-state index contributed by atoms with van der Waals surface area (Å²) in [4.78, 5) is 25.2. The largest absolute Gasteiger partial charge is 0.504 e. The molecule has 2 fully saturated rings. The fourth-order valence-electron chi connectivity index (χ4n) is 3.76. The molecule has 0 amide bonds. The van der Waals surface area contributed by atoms with Gasteiger partial charge in [0.25, 0.3) is 0 Å². The first-order valence-corrected chi connectivity index (χ1v) is 8.59. The molecule has 2 N–H and O–H groups in total. The Balaban J connectivity index is 1.69. The van der Waals surface area contributed by atoms with Crippen LogP contribution < -0.4 is 9.47 Å². The van der Waals surface area contributed by atoms with Crippen LogP contribution in [0, 0.1) is 11.8 Å². The number of cyclic esters (lactones) is 2. The molecule has 28 heavy (non-hydrogen) atoms. The molecule has 4 atom stereocenters. The number of carbonyl (C=O) groups excluding carboxylic acids is 2. The van der Waals surface area contributed by atoms with E-state index in [1.807, 2.05) is 0 Å². The highest BCUT2D eigenvalue weighted by atomic mass is 16.6. The molecule has 8 heteroatoms. The van der Waals surface area contributed by atoms with Crippen LogP contribution in [-0.2, 0) is 19.1 Å². The minimum atomic E-state index is -0.844. The van der Waals surface area contributed by atoms with Crippen molar-refractivity contribution in [3.05, 3.63) is 47.5 Å². The zero-order chi connectivity index (χ0) is 20.0. The summed E-state index contributed by atoms with van der Waals surface area (Å²) >= 11 is 0. The number of rotatable bonds is 4. The Morgan fingerprint density at radius 1 is 0.750 bits per heavy atom. The number of hydrogen-bond acceptors (Lipinski definition) is 8. The number of phenols is 2. The van der Waals surface area contributed by atoms with Crippen LogP contribution in [0.4, 0.5) is 0 Å². The highest BCUT2D eigenvalue weighted by Crippen LogP contribution is 2.52. The highest BCUT2D eigenvalue weighted by Gasteiger charge is 2.60. The van der Waals surface area contributed by atoms with Crippen molar-refractivity contribution in [2.75, 3.05) is 14.2 Å². The van der Waals surface area contributed by atoms with Crippen LogP contribution in [0.5, 0.6) is 23.0 Å². The van der Waals surface area contributed by atoms with Crippen LogP contribution in [-0.4, -0.2) is 36.4 Å². The molecule has 0 unspecified atom stereocenters. The summed E-state index contributed by atoms with van der Waals surface area (Å²) in [7, 11) is 2.81. The summed E-state index contributed by atoms with van der Waals surface area (Å²) in [6.45, 7) is 0. The maximum absolute atomic E-state index is 12.6. The number of methoxy groups -OCH3 is 2. The van der Waals surface area contributed by atoms with Crippen molar-refractivity contribution in [2.45, 2.75) is 12.2 Å². The van der Waals surface area contributed by atoms with Crippen LogP contribution >= 0.6 is 0 Å². The fourth-order valence-corrected chi connectivity index (χ4v) is 3.76. The van der Waals surface area contributed by atoms with E-state index in [9.17, 15) is 19.8 Å². The third kappa shape index (κ3) is 2.69. The van der Waals surface area contributed by atoms with Gasteiger partial charge in [0.05, 0.1) is 14.2 Å². The quantitative estimate of drug-likeness (QED) is 0.770. The molecule has 0 spiro atoms. The first-order chi connectivity index (χ1) is 13.4. The van der Waals surface area contributed by atoms with E-state index >= 15 is 0 Å². The molecule has 4 rings (SSSR count). The molecule has 8 nitrogen and oxygen atoms in total. The number of phenolic OH excluding ortho intramolecular Hbond substituents is 2. The van der Waals surface area contributed by atoms with E-state index in [1.54, 1.807) is 12.1 Å². The number of esters is 2. The van der Waals surface area contributed by atoms with E-state index < -0.39 is 36.0 Å². The lowest BCUT2D eigenvalue weighted by molar-refractivity contribution is -0.154. The first-order valence-electron chi connectivity index (χ1n) is 8.59. The van der Waals surface area contributed by atoms with Gasteiger partial charge in [-0.1, -0.05) is 12.1 Å². The zero-order valence-electron chi connectivity index (χ0n) is 15.1. The van der Waals surface area contributed by atoms with Gasteiger partial charge in [0.1, 0.15) is 24.0 Å². The minimum Gasteiger partial charge on any atom is -0.504 e. The molecule has 0 saturated carbocycles. The van der Waals surface area contributed by atoms with Crippen LogP contribution in [0.15, 0.2) is 36.4 Å². The van der Waals surface area contributed by atoms with Gasteiger partial charge in [-0.25, -0.2) is 0 Å². The third-order valence-corrected chi connectivity index (χ3v) is 5.13. The zero-order valence-corrected chi connectivity index (χ0v) is 15.1. The third-order valence-electron chi connectivity index (χ3n) is 5.13. The van der Waals surface area contributed by atoms with Crippen LogP contribution in [0.25, 0.3) is 0 Å². The van der Waals surface area contributed by atoms with Crippen LogP contribution in [0.1, 0.15) is 23.3 Å². The Morgan fingerprint density at radius 3 is 1.50 bits per heavy atom. The summed E-state index contributed by atoms with van der Waals surface area (Å²) in [5.74, 6) is -2.45. The molecule has 2 saturated heterocycles. The number of carbonyl (C=O) groups is 2. The molecule has 0 aromatic heterocycles. The molecule has 146 valence electrons. The predicted octanol–water partition coefficient (Wildman–Crippen LogP) is 2.24. The lowest BCUT2D eigenvalue weighted by Gasteiger charge is -2.16.